The first kappa shape index (κ1) is 13.3. The van der Waals surface area contributed by atoms with Crippen molar-refractivity contribution in [3.05, 3.63) is 0 Å². The number of carbonyl (C=O) groups is 2. The van der Waals surface area contributed by atoms with Gasteiger partial charge in [0.1, 0.15) is 6.04 Å². The van der Waals surface area contributed by atoms with Crippen LogP contribution in [0.2, 0.25) is 0 Å². The van der Waals surface area contributed by atoms with E-state index in [9.17, 15) is 9.59 Å². The second kappa shape index (κ2) is 5.69. The van der Waals surface area contributed by atoms with Gasteiger partial charge in [-0.1, -0.05) is 13.3 Å². The van der Waals surface area contributed by atoms with Gasteiger partial charge in [0.15, 0.2) is 0 Å². The first-order valence-electron chi connectivity index (χ1n) is 6.88. The van der Waals surface area contributed by atoms with Crippen LogP contribution in [0.25, 0.3) is 0 Å². The van der Waals surface area contributed by atoms with Crippen molar-refractivity contribution >= 4 is 11.8 Å². The second-order valence-corrected chi connectivity index (χ2v) is 5.38. The van der Waals surface area contributed by atoms with Crippen LogP contribution in [0.5, 0.6) is 0 Å². The molecule has 0 aromatic heterocycles. The average Bonchev–Trinajstić information content (AvgIpc) is 2.83. The zero-order valence-corrected chi connectivity index (χ0v) is 11.2. The Morgan fingerprint density at radius 3 is 2.72 bits per heavy atom. The molecule has 1 aliphatic carbocycles. The Balaban J connectivity index is 2.08. The third kappa shape index (κ3) is 2.51. The number of piperazine rings is 1. The van der Waals surface area contributed by atoms with Crippen molar-refractivity contribution in [1.29, 1.82) is 0 Å². The Hall–Kier alpha value is -1.10. The number of carbonyl (C=O) groups excluding carboxylic acids is 2. The molecule has 2 N–H and O–H groups in total. The molecule has 3 unspecified atom stereocenters. The fourth-order valence-corrected chi connectivity index (χ4v) is 3.09. The van der Waals surface area contributed by atoms with Crippen molar-refractivity contribution in [3.8, 4) is 0 Å². The van der Waals surface area contributed by atoms with E-state index >= 15 is 0 Å². The van der Waals surface area contributed by atoms with E-state index in [2.05, 4.69) is 17.6 Å². The van der Waals surface area contributed by atoms with Crippen molar-refractivity contribution in [3.63, 3.8) is 0 Å². The predicted molar refractivity (Wildman–Crippen MR) is 68.9 cm³/mol. The van der Waals surface area contributed by atoms with Gasteiger partial charge in [0.25, 0.3) is 0 Å². The second-order valence-electron chi connectivity index (χ2n) is 5.38. The lowest BCUT2D eigenvalue weighted by atomic mass is 9.95. The van der Waals surface area contributed by atoms with Gasteiger partial charge < -0.3 is 15.5 Å². The summed E-state index contributed by atoms with van der Waals surface area (Å²) in [4.78, 5) is 26.2. The highest BCUT2D eigenvalue weighted by molar-refractivity contribution is 5.89. The number of nitrogens with one attached hydrogen (secondary N) is 2. The van der Waals surface area contributed by atoms with Crippen LogP contribution in [-0.2, 0) is 9.59 Å². The summed E-state index contributed by atoms with van der Waals surface area (Å²) in [5, 5.41) is 5.83. The van der Waals surface area contributed by atoms with E-state index in [-0.39, 0.29) is 23.8 Å². The molecule has 5 heteroatoms. The van der Waals surface area contributed by atoms with Gasteiger partial charge in [0.2, 0.25) is 11.8 Å². The third-order valence-electron chi connectivity index (χ3n) is 4.25. The molecule has 5 nitrogen and oxygen atoms in total. The molecule has 18 heavy (non-hydrogen) atoms. The Labute approximate surface area is 108 Å². The van der Waals surface area contributed by atoms with Crippen molar-refractivity contribution in [2.24, 2.45) is 11.8 Å². The zero-order chi connectivity index (χ0) is 13.1. The first-order chi connectivity index (χ1) is 8.65. The zero-order valence-electron chi connectivity index (χ0n) is 11.2. The lowest BCUT2D eigenvalue weighted by molar-refractivity contribution is -0.145. The fraction of sp³-hybridized carbons (Fsp3) is 0.846. The number of likely N-dealkylation sites (N-methyl/N-ethyl adjacent to an activating group) is 1. The smallest absolute Gasteiger partial charge is 0.243 e. The van der Waals surface area contributed by atoms with Crippen molar-refractivity contribution in [2.45, 2.75) is 32.2 Å². The highest BCUT2D eigenvalue weighted by atomic mass is 16.2. The summed E-state index contributed by atoms with van der Waals surface area (Å²) in [5.74, 6) is 0.685. The Bertz CT molecular complexity index is 332. The van der Waals surface area contributed by atoms with Crippen molar-refractivity contribution in [1.82, 2.24) is 15.5 Å². The lowest BCUT2D eigenvalue weighted by Gasteiger charge is -2.37. The van der Waals surface area contributed by atoms with E-state index in [4.69, 9.17) is 0 Å². The van der Waals surface area contributed by atoms with Gasteiger partial charge in [-0.25, -0.2) is 0 Å². The van der Waals surface area contributed by atoms with Gasteiger partial charge in [-0.3, -0.25) is 9.59 Å². The van der Waals surface area contributed by atoms with Crippen LogP contribution in [-0.4, -0.2) is 49.4 Å². The monoisotopic (exact) mass is 253 g/mol. The number of hydrogen-bond acceptors (Lipinski definition) is 3. The SMILES string of the molecule is CNC(=O)C1CNCCN1C(=O)C1CCCC1C. The highest BCUT2D eigenvalue weighted by Crippen LogP contribution is 2.33. The molecule has 2 aliphatic rings. The molecule has 2 fully saturated rings. The maximum absolute atomic E-state index is 12.6. The highest BCUT2D eigenvalue weighted by Gasteiger charge is 2.38. The molecule has 2 amide bonds. The van der Waals surface area contributed by atoms with E-state index in [1.54, 1.807) is 11.9 Å². The summed E-state index contributed by atoms with van der Waals surface area (Å²) < 4.78 is 0. The maximum atomic E-state index is 12.6. The van der Waals surface area contributed by atoms with Gasteiger partial charge in [0.05, 0.1) is 0 Å². The molecule has 0 bridgehead atoms. The molecule has 2 rings (SSSR count). The van der Waals surface area contributed by atoms with Gasteiger partial charge in [-0.05, 0) is 18.8 Å². The van der Waals surface area contributed by atoms with E-state index < -0.39 is 0 Å². The van der Waals surface area contributed by atoms with Crippen LogP contribution < -0.4 is 10.6 Å². The molecular weight excluding hydrogens is 230 g/mol. The standard InChI is InChI=1S/C13H23N3O2/c1-9-4-3-5-10(9)13(18)16-7-6-15-8-11(16)12(17)14-2/h9-11,15H,3-8H2,1-2H3,(H,14,17). The molecular formula is C13H23N3O2. The van der Waals surface area contributed by atoms with Crippen LogP contribution in [0, 0.1) is 11.8 Å². The van der Waals surface area contributed by atoms with Gasteiger partial charge >= 0.3 is 0 Å². The number of hydrogen-bond donors (Lipinski definition) is 2. The summed E-state index contributed by atoms with van der Waals surface area (Å²) in [6, 6.07) is -0.343. The Kier molecular flexibility index (Phi) is 4.22. The molecule has 0 aromatic carbocycles. The lowest BCUT2D eigenvalue weighted by Crippen LogP contribution is -2.60. The van der Waals surface area contributed by atoms with Crippen LogP contribution in [0.1, 0.15) is 26.2 Å². The fourth-order valence-electron chi connectivity index (χ4n) is 3.09. The third-order valence-corrected chi connectivity index (χ3v) is 4.25. The number of amides is 2. The molecule has 0 radical (unpaired) electrons. The molecule has 1 saturated carbocycles. The molecule has 1 saturated heterocycles. The Morgan fingerprint density at radius 1 is 1.33 bits per heavy atom. The molecule has 0 aromatic rings. The molecule has 0 spiro atoms. The minimum atomic E-state index is -0.343. The van der Waals surface area contributed by atoms with Crippen molar-refractivity contribution in [2.75, 3.05) is 26.7 Å². The van der Waals surface area contributed by atoms with Gasteiger partial charge in [0, 0.05) is 32.6 Å². The number of rotatable bonds is 2. The molecule has 102 valence electrons. The van der Waals surface area contributed by atoms with Crippen molar-refractivity contribution < 1.29 is 9.59 Å². The summed E-state index contributed by atoms with van der Waals surface area (Å²) in [5.41, 5.74) is 0. The first-order valence-corrected chi connectivity index (χ1v) is 6.88. The van der Waals surface area contributed by atoms with Gasteiger partial charge in [-0.2, -0.15) is 0 Å². The molecule has 1 aliphatic heterocycles. The minimum Gasteiger partial charge on any atom is -0.357 e. The van der Waals surface area contributed by atoms with Crippen LogP contribution >= 0.6 is 0 Å². The van der Waals surface area contributed by atoms with Gasteiger partial charge in [-0.15, -0.1) is 0 Å². The van der Waals surface area contributed by atoms with E-state index in [1.807, 2.05) is 0 Å². The number of nitrogens with zero attached hydrogens (tertiary/aromatic N) is 1. The van der Waals surface area contributed by atoms with Crippen LogP contribution in [0.15, 0.2) is 0 Å². The van der Waals surface area contributed by atoms with E-state index in [0.717, 1.165) is 25.8 Å². The maximum Gasteiger partial charge on any atom is 0.243 e. The molecule has 3 atom stereocenters. The van der Waals surface area contributed by atoms with Crippen LogP contribution in [0.3, 0.4) is 0 Å². The summed E-state index contributed by atoms with van der Waals surface area (Å²) in [7, 11) is 1.62. The topological polar surface area (TPSA) is 61.4 Å². The van der Waals surface area contributed by atoms with E-state index in [1.165, 1.54) is 0 Å². The summed E-state index contributed by atoms with van der Waals surface area (Å²) >= 11 is 0. The summed E-state index contributed by atoms with van der Waals surface area (Å²) in [6.45, 7) is 4.12. The predicted octanol–water partition coefficient (Wildman–Crippen LogP) is -0.0310. The summed E-state index contributed by atoms with van der Waals surface area (Å²) in [6.07, 6.45) is 3.24. The van der Waals surface area contributed by atoms with E-state index in [0.29, 0.717) is 19.0 Å². The Morgan fingerprint density at radius 2 is 2.11 bits per heavy atom. The van der Waals surface area contributed by atoms with Crippen LogP contribution in [0.4, 0.5) is 0 Å². The molecule has 1 heterocycles. The minimum absolute atomic E-state index is 0.0683. The average molecular weight is 253 g/mol. The largest absolute Gasteiger partial charge is 0.357 e. The normalized spacial score (nSPS) is 32.3. The quantitative estimate of drug-likeness (QED) is 0.726.